The summed E-state index contributed by atoms with van der Waals surface area (Å²) >= 11 is 0. The molecule has 1 aromatic rings. The molecule has 1 saturated carbocycles. The minimum absolute atomic E-state index is 0.494. The van der Waals surface area contributed by atoms with E-state index < -0.39 is 5.54 Å². The summed E-state index contributed by atoms with van der Waals surface area (Å²) in [5.74, 6) is 1.36. The number of isocyanates is 1. The third-order valence-electron chi connectivity index (χ3n) is 3.81. The highest BCUT2D eigenvalue weighted by Crippen LogP contribution is 2.48. The van der Waals surface area contributed by atoms with Gasteiger partial charge in [-0.05, 0) is 37.5 Å². The number of benzene rings is 1. The molecule has 102 valence electrons. The first-order valence-corrected chi connectivity index (χ1v) is 6.49. The van der Waals surface area contributed by atoms with Crippen LogP contribution in [0.2, 0.25) is 0 Å². The zero-order valence-electron chi connectivity index (χ0n) is 11.7. The summed E-state index contributed by atoms with van der Waals surface area (Å²) in [6.07, 6.45) is 5.56. The quantitative estimate of drug-likeness (QED) is 0.618. The van der Waals surface area contributed by atoms with E-state index in [1.54, 1.807) is 20.3 Å². The van der Waals surface area contributed by atoms with E-state index in [0.717, 1.165) is 36.8 Å². The lowest BCUT2D eigenvalue weighted by Gasteiger charge is -2.26. The average molecular weight is 261 g/mol. The van der Waals surface area contributed by atoms with Crippen LogP contribution in [0.3, 0.4) is 0 Å². The van der Waals surface area contributed by atoms with Crippen LogP contribution in [0, 0.1) is 6.92 Å². The molecule has 1 aliphatic carbocycles. The Hall–Kier alpha value is -1.80. The van der Waals surface area contributed by atoms with E-state index in [4.69, 9.17) is 9.47 Å². The Kier molecular flexibility index (Phi) is 3.91. The van der Waals surface area contributed by atoms with Crippen molar-refractivity contribution in [2.45, 2.75) is 38.1 Å². The van der Waals surface area contributed by atoms with Crippen LogP contribution in [0.15, 0.2) is 17.1 Å². The van der Waals surface area contributed by atoms with E-state index in [9.17, 15) is 4.79 Å². The summed E-state index contributed by atoms with van der Waals surface area (Å²) in [7, 11) is 3.23. The lowest BCUT2D eigenvalue weighted by atomic mass is 9.87. The van der Waals surface area contributed by atoms with Gasteiger partial charge in [-0.25, -0.2) is 4.79 Å². The summed E-state index contributed by atoms with van der Waals surface area (Å²) in [5.41, 5.74) is 1.51. The highest BCUT2D eigenvalue weighted by molar-refractivity contribution is 5.54. The molecule has 1 aromatic carbocycles. The molecular formula is C15H19NO3. The summed E-state index contributed by atoms with van der Waals surface area (Å²) in [6.45, 7) is 2.00. The fraction of sp³-hybridized carbons (Fsp3) is 0.533. The number of rotatable bonds is 4. The fourth-order valence-corrected chi connectivity index (χ4v) is 2.94. The minimum atomic E-state index is -0.494. The normalized spacial score (nSPS) is 16.8. The molecule has 0 bridgehead atoms. The molecule has 0 saturated heterocycles. The molecule has 19 heavy (non-hydrogen) atoms. The molecule has 0 radical (unpaired) electrons. The molecule has 0 aromatic heterocycles. The Balaban J connectivity index is 2.65. The first-order valence-electron chi connectivity index (χ1n) is 6.49. The smallest absolute Gasteiger partial charge is 0.235 e. The molecule has 1 fully saturated rings. The Labute approximate surface area is 113 Å². The number of aliphatic imine (C=N–C) groups is 1. The molecule has 0 aliphatic heterocycles. The van der Waals surface area contributed by atoms with Gasteiger partial charge in [0.1, 0.15) is 5.54 Å². The van der Waals surface area contributed by atoms with Crippen molar-refractivity contribution < 1.29 is 14.3 Å². The topological polar surface area (TPSA) is 47.9 Å². The second kappa shape index (κ2) is 5.45. The van der Waals surface area contributed by atoms with E-state index in [0.29, 0.717) is 11.5 Å². The molecule has 1 aliphatic rings. The van der Waals surface area contributed by atoms with E-state index in [-0.39, 0.29) is 0 Å². The van der Waals surface area contributed by atoms with Gasteiger partial charge in [-0.1, -0.05) is 12.8 Å². The minimum Gasteiger partial charge on any atom is -0.493 e. The Morgan fingerprint density at radius 2 is 1.89 bits per heavy atom. The predicted molar refractivity (Wildman–Crippen MR) is 72.6 cm³/mol. The van der Waals surface area contributed by atoms with Gasteiger partial charge < -0.3 is 9.47 Å². The van der Waals surface area contributed by atoms with Gasteiger partial charge in [-0.2, -0.15) is 4.99 Å². The summed E-state index contributed by atoms with van der Waals surface area (Å²) < 4.78 is 10.9. The molecule has 0 atom stereocenters. The van der Waals surface area contributed by atoms with Crippen LogP contribution >= 0.6 is 0 Å². The van der Waals surface area contributed by atoms with Gasteiger partial charge in [0.2, 0.25) is 6.08 Å². The van der Waals surface area contributed by atoms with E-state index in [1.807, 2.05) is 19.1 Å². The number of nitrogens with zero attached hydrogens (tertiary/aromatic N) is 1. The first kappa shape index (κ1) is 13.6. The van der Waals surface area contributed by atoms with Crippen molar-refractivity contribution in [3.63, 3.8) is 0 Å². The van der Waals surface area contributed by atoms with Crippen LogP contribution < -0.4 is 9.47 Å². The van der Waals surface area contributed by atoms with Gasteiger partial charge in [0.15, 0.2) is 11.5 Å². The Morgan fingerprint density at radius 1 is 1.21 bits per heavy atom. The number of carbonyl (C=O) groups excluding carboxylic acids is 1. The monoisotopic (exact) mass is 261 g/mol. The molecule has 0 spiro atoms. The molecule has 0 unspecified atom stereocenters. The molecule has 0 amide bonds. The van der Waals surface area contributed by atoms with Crippen molar-refractivity contribution in [1.82, 2.24) is 0 Å². The zero-order valence-corrected chi connectivity index (χ0v) is 11.7. The van der Waals surface area contributed by atoms with E-state index in [2.05, 4.69) is 4.99 Å². The third kappa shape index (κ3) is 2.36. The summed E-state index contributed by atoms with van der Waals surface area (Å²) in [6, 6.07) is 3.96. The van der Waals surface area contributed by atoms with Crippen molar-refractivity contribution >= 4 is 6.08 Å². The Bertz CT molecular complexity index is 512. The largest absolute Gasteiger partial charge is 0.493 e. The van der Waals surface area contributed by atoms with Gasteiger partial charge in [-0.3, -0.25) is 0 Å². The first-order chi connectivity index (χ1) is 9.16. The van der Waals surface area contributed by atoms with E-state index >= 15 is 0 Å². The number of hydrogen-bond acceptors (Lipinski definition) is 4. The highest BCUT2D eigenvalue weighted by Gasteiger charge is 2.39. The number of ether oxygens (including phenoxy) is 2. The van der Waals surface area contributed by atoms with Crippen LogP contribution in [-0.4, -0.2) is 20.3 Å². The van der Waals surface area contributed by atoms with Crippen molar-refractivity contribution in [3.05, 3.63) is 23.3 Å². The molecule has 0 N–H and O–H groups in total. The predicted octanol–water partition coefficient (Wildman–Crippen LogP) is 3.12. The van der Waals surface area contributed by atoms with Crippen molar-refractivity contribution in [1.29, 1.82) is 0 Å². The lowest BCUT2D eigenvalue weighted by molar-refractivity contribution is 0.337. The van der Waals surface area contributed by atoms with Crippen molar-refractivity contribution in [2.75, 3.05) is 14.2 Å². The maximum atomic E-state index is 10.8. The molecule has 4 nitrogen and oxygen atoms in total. The number of hydrogen-bond donors (Lipinski definition) is 0. The SMILES string of the molecule is COc1cc(C)cc(C2(N=C=O)CCCC2)c1OC. The molecule has 2 rings (SSSR count). The summed E-state index contributed by atoms with van der Waals surface area (Å²) in [4.78, 5) is 14.9. The average Bonchev–Trinajstić information content (AvgIpc) is 2.87. The second-order valence-corrected chi connectivity index (χ2v) is 4.99. The van der Waals surface area contributed by atoms with Gasteiger partial charge in [0.05, 0.1) is 14.2 Å². The van der Waals surface area contributed by atoms with Crippen LogP contribution in [0.25, 0.3) is 0 Å². The highest BCUT2D eigenvalue weighted by atomic mass is 16.5. The van der Waals surface area contributed by atoms with Crippen LogP contribution in [0.1, 0.15) is 36.8 Å². The summed E-state index contributed by atoms with van der Waals surface area (Å²) in [5, 5.41) is 0. The second-order valence-electron chi connectivity index (χ2n) is 4.99. The van der Waals surface area contributed by atoms with Crippen LogP contribution in [0.5, 0.6) is 11.5 Å². The standard InChI is InChI=1S/C15H19NO3/c1-11-8-12(14(19-3)13(9-11)18-2)15(16-10-17)6-4-5-7-15/h8-9H,4-7H2,1-3H3. The molecular weight excluding hydrogens is 242 g/mol. The lowest BCUT2D eigenvalue weighted by Crippen LogP contribution is -2.20. The fourth-order valence-electron chi connectivity index (χ4n) is 2.94. The molecule has 4 heteroatoms. The van der Waals surface area contributed by atoms with Gasteiger partial charge >= 0.3 is 0 Å². The van der Waals surface area contributed by atoms with E-state index in [1.165, 1.54) is 0 Å². The van der Waals surface area contributed by atoms with Crippen molar-refractivity contribution in [2.24, 2.45) is 4.99 Å². The Morgan fingerprint density at radius 3 is 2.42 bits per heavy atom. The van der Waals surface area contributed by atoms with Crippen LogP contribution in [0.4, 0.5) is 0 Å². The maximum Gasteiger partial charge on any atom is 0.235 e. The number of methoxy groups -OCH3 is 2. The van der Waals surface area contributed by atoms with Crippen LogP contribution in [-0.2, 0) is 10.3 Å². The van der Waals surface area contributed by atoms with Gasteiger partial charge in [0, 0.05) is 5.56 Å². The number of aryl methyl sites for hydroxylation is 1. The van der Waals surface area contributed by atoms with Crippen molar-refractivity contribution in [3.8, 4) is 11.5 Å². The zero-order chi connectivity index (χ0) is 13.9. The van der Waals surface area contributed by atoms with Gasteiger partial charge in [-0.15, -0.1) is 0 Å². The third-order valence-corrected chi connectivity index (χ3v) is 3.81. The molecule has 0 heterocycles. The maximum absolute atomic E-state index is 10.8. The van der Waals surface area contributed by atoms with Gasteiger partial charge in [0.25, 0.3) is 0 Å².